The lowest BCUT2D eigenvalue weighted by Crippen LogP contribution is -2.24. The average molecular weight is 189 g/mol. The first kappa shape index (κ1) is 10.1. The molecule has 1 rings (SSSR count). The Morgan fingerprint density at radius 1 is 1.36 bits per heavy atom. The Morgan fingerprint density at radius 3 is 2.43 bits per heavy atom. The molecule has 0 aliphatic carbocycles. The molecule has 0 heterocycles. The minimum absolute atomic E-state index is 0.177. The first-order chi connectivity index (χ1) is 6.65. The van der Waals surface area contributed by atoms with Crippen LogP contribution in [0.2, 0.25) is 0 Å². The van der Waals surface area contributed by atoms with Crippen LogP contribution >= 0.6 is 0 Å². The van der Waals surface area contributed by atoms with E-state index in [9.17, 15) is 4.79 Å². The predicted molar refractivity (Wildman–Crippen MR) is 55.0 cm³/mol. The van der Waals surface area contributed by atoms with Gasteiger partial charge in [0.1, 0.15) is 5.75 Å². The molecule has 0 atom stereocenters. The first-order valence-electron chi connectivity index (χ1n) is 4.14. The standard InChI is InChI=1S/C11H11NO2/c1-3-4-11(14)12(2)9-5-7-10(13)8-6-9/h5-8,13H,1-2H3. The van der Waals surface area contributed by atoms with Crippen LogP contribution in [0.15, 0.2) is 24.3 Å². The molecule has 0 radical (unpaired) electrons. The number of aromatic hydroxyl groups is 1. The third-order valence-electron chi connectivity index (χ3n) is 1.77. The van der Waals surface area contributed by atoms with Crippen LogP contribution in [-0.4, -0.2) is 18.1 Å². The van der Waals surface area contributed by atoms with Crippen molar-refractivity contribution in [3.8, 4) is 17.6 Å². The molecule has 3 heteroatoms. The number of hydrogen-bond donors (Lipinski definition) is 1. The number of nitrogens with zero attached hydrogens (tertiary/aromatic N) is 1. The molecule has 0 fully saturated rings. The number of phenolic OH excluding ortho intramolecular Hbond substituents is 1. The zero-order chi connectivity index (χ0) is 10.6. The summed E-state index contributed by atoms with van der Waals surface area (Å²) in [4.78, 5) is 12.7. The van der Waals surface area contributed by atoms with Crippen molar-refractivity contribution >= 4 is 11.6 Å². The van der Waals surface area contributed by atoms with Crippen LogP contribution in [0.4, 0.5) is 5.69 Å². The van der Waals surface area contributed by atoms with Crippen LogP contribution in [0.1, 0.15) is 6.92 Å². The molecule has 0 aromatic heterocycles. The lowest BCUT2D eigenvalue weighted by atomic mass is 10.3. The van der Waals surface area contributed by atoms with Crippen molar-refractivity contribution < 1.29 is 9.90 Å². The quantitative estimate of drug-likeness (QED) is 0.678. The average Bonchev–Trinajstić information content (AvgIpc) is 2.18. The molecule has 3 nitrogen and oxygen atoms in total. The van der Waals surface area contributed by atoms with Crippen molar-refractivity contribution in [2.24, 2.45) is 0 Å². The molecular weight excluding hydrogens is 178 g/mol. The second kappa shape index (κ2) is 4.33. The number of carbonyl (C=O) groups is 1. The highest BCUT2D eigenvalue weighted by Gasteiger charge is 2.06. The molecule has 1 N–H and O–H groups in total. The summed E-state index contributed by atoms with van der Waals surface area (Å²) in [6.07, 6.45) is 0. The summed E-state index contributed by atoms with van der Waals surface area (Å²) in [7, 11) is 1.64. The summed E-state index contributed by atoms with van der Waals surface area (Å²) < 4.78 is 0. The maximum absolute atomic E-state index is 11.3. The summed E-state index contributed by atoms with van der Waals surface area (Å²) in [5, 5.41) is 9.05. The fourth-order valence-electron chi connectivity index (χ4n) is 0.984. The second-order valence-corrected chi connectivity index (χ2v) is 2.76. The molecule has 14 heavy (non-hydrogen) atoms. The Bertz CT molecular complexity index is 384. The van der Waals surface area contributed by atoms with Crippen LogP contribution in [0, 0.1) is 11.8 Å². The van der Waals surface area contributed by atoms with E-state index >= 15 is 0 Å². The number of carbonyl (C=O) groups excluding carboxylic acids is 1. The van der Waals surface area contributed by atoms with Gasteiger partial charge in [-0.3, -0.25) is 4.79 Å². The zero-order valence-corrected chi connectivity index (χ0v) is 8.11. The number of rotatable bonds is 1. The number of hydrogen-bond acceptors (Lipinski definition) is 2. The van der Waals surface area contributed by atoms with E-state index in [0.29, 0.717) is 5.69 Å². The monoisotopic (exact) mass is 189 g/mol. The Balaban J connectivity index is 2.87. The fraction of sp³-hybridized carbons (Fsp3) is 0.182. The van der Waals surface area contributed by atoms with Gasteiger partial charge in [0.2, 0.25) is 0 Å². The van der Waals surface area contributed by atoms with Crippen LogP contribution in [0.25, 0.3) is 0 Å². The summed E-state index contributed by atoms with van der Waals surface area (Å²) in [5.41, 5.74) is 0.704. The summed E-state index contributed by atoms with van der Waals surface area (Å²) >= 11 is 0. The number of phenols is 1. The van der Waals surface area contributed by atoms with Gasteiger partial charge < -0.3 is 10.0 Å². The third-order valence-corrected chi connectivity index (χ3v) is 1.77. The van der Waals surface area contributed by atoms with E-state index < -0.39 is 0 Å². The van der Waals surface area contributed by atoms with E-state index in [1.54, 1.807) is 26.1 Å². The maximum atomic E-state index is 11.3. The third kappa shape index (κ3) is 2.27. The lowest BCUT2D eigenvalue weighted by molar-refractivity contribution is -0.113. The molecule has 0 spiro atoms. The second-order valence-electron chi connectivity index (χ2n) is 2.76. The van der Waals surface area contributed by atoms with Gasteiger partial charge in [-0.15, -0.1) is 0 Å². The van der Waals surface area contributed by atoms with Crippen molar-refractivity contribution in [1.82, 2.24) is 0 Å². The SMILES string of the molecule is CC#CC(=O)N(C)c1ccc(O)cc1. The van der Waals surface area contributed by atoms with Gasteiger partial charge in [0.25, 0.3) is 0 Å². The summed E-state index contributed by atoms with van der Waals surface area (Å²) in [5.74, 6) is 4.88. The van der Waals surface area contributed by atoms with E-state index in [4.69, 9.17) is 5.11 Å². The Morgan fingerprint density at radius 2 is 1.93 bits per heavy atom. The normalized spacial score (nSPS) is 8.71. The van der Waals surface area contributed by atoms with E-state index in [1.165, 1.54) is 17.0 Å². The lowest BCUT2D eigenvalue weighted by Gasteiger charge is -2.13. The molecule has 0 aliphatic heterocycles. The maximum Gasteiger partial charge on any atom is 0.302 e. The Hall–Kier alpha value is -1.95. The van der Waals surface area contributed by atoms with Gasteiger partial charge in [0.15, 0.2) is 0 Å². The molecule has 0 saturated carbocycles. The fourth-order valence-corrected chi connectivity index (χ4v) is 0.984. The molecule has 72 valence electrons. The van der Waals surface area contributed by atoms with E-state index in [-0.39, 0.29) is 11.7 Å². The van der Waals surface area contributed by atoms with E-state index in [1.807, 2.05) is 0 Å². The topological polar surface area (TPSA) is 40.5 Å². The van der Waals surface area contributed by atoms with Crippen molar-refractivity contribution in [2.45, 2.75) is 6.92 Å². The molecule has 1 amide bonds. The van der Waals surface area contributed by atoms with E-state index in [2.05, 4.69) is 11.8 Å². The molecule has 0 unspecified atom stereocenters. The zero-order valence-electron chi connectivity index (χ0n) is 8.11. The number of anilines is 1. The smallest absolute Gasteiger partial charge is 0.302 e. The minimum atomic E-state index is -0.266. The summed E-state index contributed by atoms with van der Waals surface area (Å²) in [6.45, 7) is 1.61. The minimum Gasteiger partial charge on any atom is -0.508 e. The van der Waals surface area contributed by atoms with Crippen molar-refractivity contribution in [3.05, 3.63) is 24.3 Å². The summed E-state index contributed by atoms with van der Waals surface area (Å²) in [6, 6.07) is 6.37. The Labute approximate surface area is 83.0 Å². The predicted octanol–water partition coefficient (Wildman–Crippen LogP) is 1.38. The molecule has 0 bridgehead atoms. The molecule has 1 aromatic carbocycles. The van der Waals surface area contributed by atoms with Gasteiger partial charge in [-0.05, 0) is 37.1 Å². The van der Waals surface area contributed by atoms with Gasteiger partial charge in [-0.1, -0.05) is 5.92 Å². The van der Waals surface area contributed by atoms with Crippen molar-refractivity contribution in [1.29, 1.82) is 0 Å². The van der Waals surface area contributed by atoms with Gasteiger partial charge in [-0.2, -0.15) is 0 Å². The van der Waals surface area contributed by atoms with Crippen LogP contribution in [0.3, 0.4) is 0 Å². The highest BCUT2D eigenvalue weighted by atomic mass is 16.3. The number of benzene rings is 1. The molecular formula is C11H11NO2. The molecule has 0 saturated heterocycles. The highest BCUT2D eigenvalue weighted by molar-refractivity contribution is 6.05. The van der Waals surface area contributed by atoms with Crippen molar-refractivity contribution in [3.63, 3.8) is 0 Å². The Kier molecular flexibility index (Phi) is 3.14. The molecule has 1 aromatic rings. The van der Waals surface area contributed by atoms with Crippen LogP contribution < -0.4 is 4.90 Å². The van der Waals surface area contributed by atoms with Crippen LogP contribution in [0.5, 0.6) is 5.75 Å². The van der Waals surface area contributed by atoms with Crippen LogP contribution in [-0.2, 0) is 4.79 Å². The van der Waals surface area contributed by atoms with Crippen molar-refractivity contribution in [2.75, 3.05) is 11.9 Å². The van der Waals surface area contributed by atoms with E-state index in [0.717, 1.165) is 0 Å². The van der Waals surface area contributed by atoms with Gasteiger partial charge >= 0.3 is 5.91 Å². The highest BCUT2D eigenvalue weighted by Crippen LogP contribution is 2.16. The first-order valence-corrected chi connectivity index (χ1v) is 4.14. The van der Waals surface area contributed by atoms with Gasteiger partial charge in [0, 0.05) is 12.7 Å². The van der Waals surface area contributed by atoms with Gasteiger partial charge in [-0.25, -0.2) is 0 Å². The molecule has 0 aliphatic rings. The van der Waals surface area contributed by atoms with Gasteiger partial charge in [0.05, 0.1) is 0 Å². The number of amides is 1. The largest absolute Gasteiger partial charge is 0.508 e.